The maximum absolute atomic E-state index is 12.7. The number of thiophene rings is 1. The third-order valence-corrected chi connectivity index (χ3v) is 5.29. The van der Waals surface area contributed by atoms with Crippen LogP contribution in [0.5, 0.6) is 0 Å². The zero-order valence-corrected chi connectivity index (χ0v) is 14.4. The number of nitrogens with one attached hydrogen (secondary N) is 1. The van der Waals surface area contributed by atoms with Crippen molar-refractivity contribution in [2.24, 2.45) is 0 Å². The molecule has 0 aliphatic carbocycles. The molecule has 1 aromatic heterocycles. The lowest BCUT2D eigenvalue weighted by Gasteiger charge is -2.36. The summed E-state index contributed by atoms with van der Waals surface area (Å²) in [7, 11) is 0. The molecule has 1 N–H and O–H groups in total. The first-order valence-electron chi connectivity index (χ1n) is 7.63. The van der Waals surface area contributed by atoms with Gasteiger partial charge in [0.15, 0.2) is 0 Å². The Hall–Kier alpha value is -1.62. The average molecular weight is 347 g/mol. The van der Waals surface area contributed by atoms with E-state index in [1.165, 1.54) is 10.4 Å². The molecule has 1 aliphatic heterocycles. The van der Waals surface area contributed by atoms with Crippen molar-refractivity contribution in [3.8, 4) is 0 Å². The van der Waals surface area contributed by atoms with Crippen LogP contribution in [0, 0.1) is 0 Å². The number of carbonyl (C=O) groups is 1. The molecule has 3 nitrogen and oxygen atoms in total. The molecular formula is C18H19ClN2OS. The number of benzene rings is 1. The van der Waals surface area contributed by atoms with E-state index in [1.54, 1.807) is 17.4 Å². The molecule has 2 heterocycles. The van der Waals surface area contributed by atoms with Crippen molar-refractivity contribution in [2.75, 3.05) is 19.6 Å². The van der Waals surface area contributed by atoms with Crippen LogP contribution in [0.2, 0.25) is 5.02 Å². The minimum atomic E-state index is -0.0275. The Morgan fingerprint density at radius 1 is 1.39 bits per heavy atom. The first kappa shape index (κ1) is 16.2. The minimum absolute atomic E-state index is 0.0275. The molecule has 1 aliphatic rings. The Morgan fingerprint density at radius 2 is 2.17 bits per heavy atom. The highest BCUT2D eigenvalue weighted by molar-refractivity contribution is 7.10. The molecular weight excluding hydrogens is 328 g/mol. The molecule has 0 fully saturated rings. The zero-order valence-electron chi connectivity index (χ0n) is 12.8. The normalized spacial score (nSPS) is 16.9. The van der Waals surface area contributed by atoms with Gasteiger partial charge in [0, 0.05) is 23.0 Å². The second kappa shape index (κ2) is 7.30. The molecule has 2 aromatic rings. The second-order valence-corrected chi connectivity index (χ2v) is 6.95. The van der Waals surface area contributed by atoms with E-state index in [9.17, 15) is 4.79 Å². The topological polar surface area (TPSA) is 32.3 Å². The first-order valence-corrected chi connectivity index (χ1v) is 8.89. The van der Waals surface area contributed by atoms with Gasteiger partial charge >= 0.3 is 0 Å². The summed E-state index contributed by atoms with van der Waals surface area (Å²) in [6.07, 6.45) is 2.68. The van der Waals surface area contributed by atoms with Crippen LogP contribution in [0.4, 0.5) is 0 Å². The van der Waals surface area contributed by atoms with Crippen LogP contribution in [-0.2, 0) is 11.2 Å². The summed E-state index contributed by atoms with van der Waals surface area (Å²) in [5, 5.41) is 5.92. The zero-order chi connectivity index (χ0) is 16.2. The lowest BCUT2D eigenvalue weighted by Crippen LogP contribution is -2.44. The number of hydrogen-bond donors (Lipinski definition) is 1. The van der Waals surface area contributed by atoms with E-state index in [0.717, 1.165) is 18.5 Å². The minimum Gasteiger partial charge on any atom is -0.330 e. The van der Waals surface area contributed by atoms with Gasteiger partial charge in [-0.15, -0.1) is 17.9 Å². The average Bonchev–Trinajstić information content (AvgIpc) is 3.03. The summed E-state index contributed by atoms with van der Waals surface area (Å²) in [5.74, 6) is 0.114. The van der Waals surface area contributed by atoms with Gasteiger partial charge in [0.1, 0.15) is 0 Å². The summed E-state index contributed by atoms with van der Waals surface area (Å²) in [4.78, 5) is 16.0. The maximum Gasteiger partial charge on any atom is 0.237 e. The number of nitrogens with zero attached hydrogens (tertiary/aromatic N) is 1. The summed E-state index contributed by atoms with van der Waals surface area (Å²) >= 11 is 7.78. The lowest BCUT2D eigenvalue weighted by molar-refractivity contribution is -0.132. The lowest BCUT2D eigenvalue weighted by atomic mass is 9.93. The first-order chi connectivity index (χ1) is 11.2. The Labute approximate surface area is 145 Å². The number of halogens is 1. The van der Waals surface area contributed by atoms with Crippen LogP contribution in [0.3, 0.4) is 0 Å². The van der Waals surface area contributed by atoms with E-state index < -0.39 is 0 Å². The van der Waals surface area contributed by atoms with E-state index in [0.29, 0.717) is 18.1 Å². The number of hydrogen-bond acceptors (Lipinski definition) is 3. The number of amides is 1. The fourth-order valence-corrected chi connectivity index (χ4v) is 4.00. The fraction of sp³-hybridized carbons (Fsp3) is 0.278. The van der Waals surface area contributed by atoms with Crippen molar-refractivity contribution >= 4 is 28.8 Å². The Balaban J connectivity index is 1.90. The molecule has 3 rings (SSSR count). The van der Waals surface area contributed by atoms with Gasteiger partial charge in [-0.25, -0.2) is 0 Å². The SMILES string of the molecule is C=CCNCC(=O)N1CCc2sccc2C1c1ccc(Cl)cc1. The Morgan fingerprint density at radius 3 is 2.91 bits per heavy atom. The van der Waals surface area contributed by atoms with Gasteiger partial charge in [-0.05, 0) is 41.1 Å². The van der Waals surface area contributed by atoms with Crippen molar-refractivity contribution < 1.29 is 4.79 Å². The van der Waals surface area contributed by atoms with Crippen molar-refractivity contribution in [1.82, 2.24) is 10.2 Å². The van der Waals surface area contributed by atoms with Crippen LogP contribution in [0.15, 0.2) is 48.4 Å². The maximum atomic E-state index is 12.7. The molecule has 1 unspecified atom stereocenters. The second-order valence-electron chi connectivity index (χ2n) is 5.51. The third kappa shape index (κ3) is 3.50. The number of carbonyl (C=O) groups excluding carboxylic acids is 1. The highest BCUT2D eigenvalue weighted by Crippen LogP contribution is 2.37. The van der Waals surface area contributed by atoms with E-state index in [2.05, 4.69) is 23.3 Å². The standard InChI is InChI=1S/C18H19ClN2OS/c1-2-9-20-12-17(22)21-10-7-16-15(8-11-23-16)18(21)13-3-5-14(19)6-4-13/h2-6,8,11,18,20H,1,7,9-10,12H2. The van der Waals surface area contributed by atoms with Crippen LogP contribution in [0.1, 0.15) is 22.0 Å². The predicted molar refractivity (Wildman–Crippen MR) is 96.1 cm³/mol. The Bertz CT molecular complexity index is 695. The molecule has 120 valence electrons. The van der Waals surface area contributed by atoms with Crippen LogP contribution in [0.25, 0.3) is 0 Å². The van der Waals surface area contributed by atoms with E-state index in [4.69, 9.17) is 11.6 Å². The molecule has 0 spiro atoms. The van der Waals surface area contributed by atoms with Crippen molar-refractivity contribution in [2.45, 2.75) is 12.5 Å². The van der Waals surface area contributed by atoms with E-state index in [1.807, 2.05) is 29.2 Å². The molecule has 0 bridgehead atoms. The van der Waals surface area contributed by atoms with E-state index in [-0.39, 0.29) is 11.9 Å². The molecule has 1 aromatic carbocycles. The number of fused-ring (bicyclic) bond motifs is 1. The molecule has 0 saturated heterocycles. The summed E-state index contributed by atoms with van der Waals surface area (Å²) in [5.41, 5.74) is 2.34. The van der Waals surface area contributed by atoms with Crippen molar-refractivity contribution in [3.63, 3.8) is 0 Å². The molecule has 1 amide bonds. The Kier molecular flexibility index (Phi) is 5.16. The summed E-state index contributed by atoms with van der Waals surface area (Å²) in [6.45, 7) is 5.37. The van der Waals surface area contributed by atoms with Gasteiger partial charge in [0.2, 0.25) is 5.91 Å². The molecule has 0 radical (unpaired) electrons. The molecule has 5 heteroatoms. The summed E-state index contributed by atoms with van der Waals surface area (Å²) in [6, 6.07) is 9.90. The van der Waals surface area contributed by atoms with Gasteiger partial charge in [-0.3, -0.25) is 4.79 Å². The summed E-state index contributed by atoms with van der Waals surface area (Å²) < 4.78 is 0. The van der Waals surface area contributed by atoms with Gasteiger partial charge < -0.3 is 10.2 Å². The van der Waals surface area contributed by atoms with Gasteiger partial charge in [-0.1, -0.05) is 29.8 Å². The van der Waals surface area contributed by atoms with E-state index >= 15 is 0 Å². The van der Waals surface area contributed by atoms with Crippen LogP contribution in [-0.4, -0.2) is 30.4 Å². The van der Waals surface area contributed by atoms with Gasteiger partial charge in [0.05, 0.1) is 12.6 Å². The van der Waals surface area contributed by atoms with Crippen molar-refractivity contribution in [3.05, 3.63) is 69.4 Å². The van der Waals surface area contributed by atoms with Crippen LogP contribution < -0.4 is 5.32 Å². The highest BCUT2D eigenvalue weighted by Gasteiger charge is 2.32. The van der Waals surface area contributed by atoms with Gasteiger partial charge in [-0.2, -0.15) is 0 Å². The quantitative estimate of drug-likeness (QED) is 0.662. The van der Waals surface area contributed by atoms with Gasteiger partial charge in [0.25, 0.3) is 0 Å². The largest absolute Gasteiger partial charge is 0.330 e. The molecule has 1 atom stereocenters. The van der Waals surface area contributed by atoms with Crippen LogP contribution >= 0.6 is 22.9 Å². The van der Waals surface area contributed by atoms with Crippen molar-refractivity contribution in [1.29, 1.82) is 0 Å². The molecule has 23 heavy (non-hydrogen) atoms. The fourth-order valence-electron chi connectivity index (χ4n) is 2.97. The highest BCUT2D eigenvalue weighted by atomic mass is 35.5. The monoisotopic (exact) mass is 346 g/mol. The predicted octanol–water partition coefficient (Wildman–Crippen LogP) is 3.65. The molecule has 0 saturated carbocycles. The number of rotatable bonds is 5. The smallest absolute Gasteiger partial charge is 0.237 e. The third-order valence-electron chi connectivity index (χ3n) is 4.04.